The van der Waals surface area contributed by atoms with Crippen LogP contribution in [-0.2, 0) is 16.0 Å². The van der Waals surface area contributed by atoms with Crippen molar-refractivity contribution in [2.24, 2.45) is 11.8 Å². The van der Waals surface area contributed by atoms with Crippen molar-refractivity contribution in [2.75, 3.05) is 37.4 Å². The molecule has 206 valence electrons. The first-order chi connectivity index (χ1) is 18.1. The summed E-state index contributed by atoms with van der Waals surface area (Å²) in [6, 6.07) is 12.5. The van der Waals surface area contributed by atoms with Crippen LogP contribution in [0, 0.1) is 18.8 Å². The lowest BCUT2D eigenvalue weighted by molar-refractivity contribution is -0.138. The molecule has 0 saturated carbocycles. The molecule has 9 heteroatoms. The van der Waals surface area contributed by atoms with Crippen LogP contribution < -0.4 is 20.7 Å². The fraction of sp³-hybridized carbons (Fsp3) is 0.483. The number of urea groups is 1. The summed E-state index contributed by atoms with van der Waals surface area (Å²) in [6.45, 7) is 8.56. The number of piperidine rings is 1. The number of hydrogen-bond donors (Lipinski definition) is 4. The minimum atomic E-state index is -0.754. The summed E-state index contributed by atoms with van der Waals surface area (Å²) in [6.07, 6.45) is 2.34. The molecule has 0 spiro atoms. The van der Waals surface area contributed by atoms with E-state index in [1.165, 1.54) is 7.11 Å². The number of aryl methyl sites for hydroxylation is 1. The van der Waals surface area contributed by atoms with Crippen molar-refractivity contribution >= 4 is 29.3 Å². The summed E-state index contributed by atoms with van der Waals surface area (Å²) < 4.78 is 5.47. The molecule has 38 heavy (non-hydrogen) atoms. The van der Waals surface area contributed by atoms with Gasteiger partial charge in [-0.2, -0.15) is 0 Å². The number of ether oxygens (including phenoxy) is 1. The van der Waals surface area contributed by atoms with Crippen molar-refractivity contribution in [1.29, 1.82) is 0 Å². The molecule has 1 saturated heterocycles. The van der Waals surface area contributed by atoms with Crippen LogP contribution in [0.1, 0.15) is 44.2 Å². The smallest absolute Gasteiger partial charge is 0.323 e. The van der Waals surface area contributed by atoms with Crippen molar-refractivity contribution in [3.8, 4) is 5.75 Å². The number of methoxy groups -OCH3 is 1. The molecule has 0 aliphatic carbocycles. The Morgan fingerprint density at radius 3 is 2.39 bits per heavy atom. The highest BCUT2D eigenvalue weighted by atomic mass is 16.5. The standard InChI is InChI=1S/C29H40N4O5/c1-19(15-28(35)36)18-33-13-11-23(12-14-33)21(3)30-27(34)17-22-9-10-25(26(16-22)38-4)32-29(37)31-24-8-6-5-7-20(24)2/h5-10,16,19,21,23H,11-15,17-18H2,1-4H3,(H,30,34)(H,35,36)(H2,31,32,37). The monoisotopic (exact) mass is 524 g/mol. The third-order valence-electron chi connectivity index (χ3n) is 7.09. The van der Waals surface area contributed by atoms with E-state index in [0.717, 1.165) is 49.3 Å². The van der Waals surface area contributed by atoms with Gasteiger partial charge in [-0.1, -0.05) is 31.2 Å². The number of carbonyl (C=O) groups excluding carboxylic acids is 2. The second kappa shape index (κ2) is 13.8. The van der Waals surface area contributed by atoms with Crippen molar-refractivity contribution < 1.29 is 24.2 Å². The van der Waals surface area contributed by atoms with E-state index in [-0.39, 0.29) is 36.7 Å². The van der Waals surface area contributed by atoms with Crippen LogP contribution >= 0.6 is 0 Å². The van der Waals surface area contributed by atoms with E-state index >= 15 is 0 Å². The van der Waals surface area contributed by atoms with Gasteiger partial charge in [0, 0.05) is 24.7 Å². The van der Waals surface area contributed by atoms with Gasteiger partial charge in [-0.3, -0.25) is 9.59 Å². The number of rotatable bonds is 11. The third-order valence-corrected chi connectivity index (χ3v) is 7.09. The summed E-state index contributed by atoms with van der Waals surface area (Å²) in [7, 11) is 1.53. The average Bonchev–Trinajstić information content (AvgIpc) is 2.86. The van der Waals surface area contributed by atoms with Crippen LogP contribution in [0.3, 0.4) is 0 Å². The number of carbonyl (C=O) groups is 3. The van der Waals surface area contributed by atoms with Gasteiger partial charge in [0.2, 0.25) is 5.91 Å². The van der Waals surface area contributed by atoms with Crippen molar-refractivity contribution in [2.45, 2.75) is 52.5 Å². The first-order valence-corrected chi connectivity index (χ1v) is 13.2. The molecule has 3 rings (SSSR count). The van der Waals surface area contributed by atoms with Crippen molar-refractivity contribution in [1.82, 2.24) is 10.2 Å². The van der Waals surface area contributed by atoms with Gasteiger partial charge in [-0.25, -0.2) is 4.79 Å². The summed E-state index contributed by atoms with van der Waals surface area (Å²) in [5.74, 6) is 0.179. The van der Waals surface area contributed by atoms with E-state index < -0.39 is 5.97 Å². The summed E-state index contributed by atoms with van der Waals surface area (Å²) in [5.41, 5.74) is 2.99. The quantitative estimate of drug-likeness (QED) is 0.343. The fourth-order valence-corrected chi connectivity index (χ4v) is 4.99. The molecule has 4 N–H and O–H groups in total. The summed E-state index contributed by atoms with van der Waals surface area (Å²) >= 11 is 0. The lowest BCUT2D eigenvalue weighted by Gasteiger charge is -2.36. The number of nitrogens with zero attached hydrogens (tertiary/aromatic N) is 1. The Bertz CT molecular complexity index is 1110. The molecule has 2 aromatic carbocycles. The summed E-state index contributed by atoms with van der Waals surface area (Å²) in [5, 5.41) is 17.8. The van der Waals surface area contributed by atoms with Crippen LogP contribution in [-0.4, -0.2) is 60.7 Å². The average molecular weight is 525 g/mol. The highest BCUT2D eigenvalue weighted by Gasteiger charge is 2.26. The van der Waals surface area contributed by atoms with Crippen LogP contribution in [0.25, 0.3) is 0 Å². The molecule has 0 aromatic heterocycles. The van der Waals surface area contributed by atoms with E-state index in [1.54, 1.807) is 12.1 Å². The second-order valence-corrected chi connectivity index (χ2v) is 10.3. The zero-order chi connectivity index (χ0) is 27.7. The molecule has 9 nitrogen and oxygen atoms in total. The third kappa shape index (κ3) is 8.76. The van der Waals surface area contributed by atoms with Crippen LogP contribution in [0.5, 0.6) is 5.75 Å². The molecule has 2 unspecified atom stereocenters. The number of carboxylic acid groups (broad SMARTS) is 1. The number of aliphatic carboxylic acids is 1. The molecule has 0 radical (unpaired) electrons. The van der Waals surface area contributed by atoms with Gasteiger partial charge in [0.05, 0.1) is 19.2 Å². The Kier molecular flexibility index (Phi) is 10.5. The van der Waals surface area contributed by atoms with E-state index in [0.29, 0.717) is 17.4 Å². The second-order valence-electron chi connectivity index (χ2n) is 10.3. The van der Waals surface area contributed by atoms with Gasteiger partial charge in [-0.15, -0.1) is 0 Å². The van der Waals surface area contributed by atoms with E-state index in [1.807, 2.05) is 51.1 Å². The van der Waals surface area contributed by atoms with Crippen LogP contribution in [0.2, 0.25) is 0 Å². The molecule has 1 aliphatic rings. The predicted octanol–water partition coefficient (Wildman–Crippen LogP) is 4.52. The van der Waals surface area contributed by atoms with Gasteiger partial charge in [0.15, 0.2) is 0 Å². The Balaban J connectivity index is 1.48. The molecule has 0 bridgehead atoms. The topological polar surface area (TPSA) is 120 Å². The molecular weight excluding hydrogens is 484 g/mol. The molecule has 1 heterocycles. The molecule has 1 aliphatic heterocycles. The molecular formula is C29H40N4O5. The Morgan fingerprint density at radius 1 is 1.05 bits per heavy atom. The lowest BCUT2D eigenvalue weighted by Crippen LogP contribution is -2.45. The Morgan fingerprint density at radius 2 is 1.74 bits per heavy atom. The minimum Gasteiger partial charge on any atom is -0.495 e. The number of likely N-dealkylation sites (tertiary alicyclic amines) is 1. The number of nitrogens with one attached hydrogen (secondary N) is 3. The maximum Gasteiger partial charge on any atom is 0.323 e. The van der Waals surface area contributed by atoms with Gasteiger partial charge in [-0.05, 0) is 80.9 Å². The summed E-state index contributed by atoms with van der Waals surface area (Å²) in [4.78, 5) is 38.5. The number of amides is 3. The number of anilines is 2. The van der Waals surface area contributed by atoms with Gasteiger partial charge >= 0.3 is 12.0 Å². The first kappa shape index (κ1) is 29.0. The number of benzene rings is 2. The van der Waals surface area contributed by atoms with Crippen LogP contribution in [0.4, 0.5) is 16.2 Å². The van der Waals surface area contributed by atoms with Crippen molar-refractivity contribution in [3.63, 3.8) is 0 Å². The fourth-order valence-electron chi connectivity index (χ4n) is 4.99. The molecule has 1 fully saturated rings. The van der Waals surface area contributed by atoms with Gasteiger partial charge in [0.25, 0.3) is 0 Å². The molecule has 3 amide bonds. The maximum absolute atomic E-state index is 12.8. The van der Waals surface area contributed by atoms with E-state index in [9.17, 15) is 14.4 Å². The number of hydrogen-bond acceptors (Lipinski definition) is 5. The SMILES string of the molecule is COc1cc(CC(=O)NC(C)C2CCN(CC(C)CC(=O)O)CC2)ccc1NC(=O)Nc1ccccc1C. The number of para-hydroxylation sites is 1. The highest BCUT2D eigenvalue weighted by molar-refractivity contribution is 6.01. The zero-order valence-corrected chi connectivity index (χ0v) is 22.8. The maximum atomic E-state index is 12.8. The van der Waals surface area contributed by atoms with E-state index in [2.05, 4.69) is 20.9 Å². The number of carboxylic acids is 1. The zero-order valence-electron chi connectivity index (χ0n) is 22.8. The Hall–Kier alpha value is -3.59. The lowest BCUT2D eigenvalue weighted by atomic mass is 9.89. The van der Waals surface area contributed by atoms with Crippen molar-refractivity contribution in [3.05, 3.63) is 53.6 Å². The Labute approximate surface area is 224 Å². The van der Waals surface area contributed by atoms with Gasteiger partial charge in [0.1, 0.15) is 5.75 Å². The predicted molar refractivity (Wildman–Crippen MR) is 149 cm³/mol. The van der Waals surface area contributed by atoms with E-state index in [4.69, 9.17) is 9.84 Å². The first-order valence-electron chi connectivity index (χ1n) is 13.2. The highest BCUT2D eigenvalue weighted by Crippen LogP contribution is 2.27. The normalized spacial score (nSPS) is 15.8. The molecule has 2 atom stereocenters. The molecule has 2 aromatic rings. The largest absolute Gasteiger partial charge is 0.495 e. The van der Waals surface area contributed by atoms with Gasteiger partial charge < -0.3 is 30.7 Å². The minimum absolute atomic E-state index is 0.0501. The van der Waals surface area contributed by atoms with Crippen LogP contribution in [0.15, 0.2) is 42.5 Å².